The molecule has 0 radical (unpaired) electrons. The lowest BCUT2D eigenvalue weighted by atomic mass is 10.1. The lowest BCUT2D eigenvalue weighted by Crippen LogP contribution is -2.23. The standard InChI is InChI=1S/C13H20BrN3S/c1-9(6-7-17(2)3)16-12-5-4-10(13(15)18)8-11(12)14/h4-5,8-9,16H,6-7H2,1-3H3,(H2,15,18). The number of nitrogens with two attached hydrogens (primary N) is 1. The van der Waals surface area contributed by atoms with E-state index in [1.807, 2.05) is 18.2 Å². The first-order valence-corrected chi connectivity index (χ1v) is 7.11. The molecule has 3 nitrogen and oxygen atoms in total. The lowest BCUT2D eigenvalue weighted by molar-refractivity contribution is 0.390. The van der Waals surface area contributed by atoms with E-state index in [2.05, 4.69) is 47.2 Å². The van der Waals surface area contributed by atoms with E-state index in [9.17, 15) is 0 Å². The number of thiocarbonyl (C=S) groups is 1. The van der Waals surface area contributed by atoms with E-state index in [1.54, 1.807) is 0 Å². The van der Waals surface area contributed by atoms with Crippen LogP contribution in [0.1, 0.15) is 18.9 Å². The zero-order valence-electron chi connectivity index (χ0n) is 11.0. The number of rotatable bonds is 6. The Bertz CT molecular complexity index is 421. The third-order valence-electron chi connectivity index (χ3n) is 2.66. The second kappa shape index (κ2) is 7.07. The highest BCUT2D eigenvalue weighted by Gasteiger charge is 2.07. The van der Waals surface area contributed by atoms with Crippen molar-refractivity contribution in [2.24, 2.45) is 5.73 Å². The van der Waals surface area contributed by atoms with E-state index in [4.69, 9.17) is 18.0 Å². The molecule has 0 bridgehead atoms. The summed E-state index contributed by atoms with van der Waals surface area (Å²) >= 11 is 8.49. The van der Waals surface area contributed by atoms with E-state index in [0.29, 0.717) is 11.0 Å². The van der Waals surface area contributed by atoms with Crippen molar-refractivity contribution in [3.8, 4) is 0 Å². The highest BCUT2D eigenvalue weighted by atomic mass is 79.9. The second-order valence-corrected chi connectivity index (χ2v) is 5.99. The average Bonchev–Trinajstić information content (AvgIpc) is 2.29. The summed E-state index contributed by atoms with van der Waals surface area (Å²) in [5.41, 5.74) is 7.55. The van der Waals surface area contributed by atoms with Gasteiger partial charge in [0.15, 0.2) is 0 Å². The number of halogens is 1. The fraction of sp³-hybridized carbons (Fsp3) is 0.462. The van der Waals surface area contributed by atoms with E-state index in [-0.39, 0.29) is 0 Å². The number of nitrogens with zero attached hydrogens (tertiary/aromatic N) is 1. The highest BCUT2D eigenvalue weighted by molar-refractivity contribution is 9.10. The summed E-state index contributed by atoms with van der Waals surface area (Å²) < 4.78 is 0.990. The van der Waals surface area contributed by atoms with Gasteiger partial charge in [0.25, 0.3) is 0 Å². The van der Waals surface area contributed by atoms with Gasteiger partial charge in [-0.3, -0.25) is 0 Å². The fourth-order valence-electron chi connectivity index (χ4n) is 1.57. The summed E-state index contributed by atoms with van der Waals surface area (Å²) in [6.45, 7) is 3.24. The van der Waals surface area contributed by atoms with E-state index in [1.165, 1.54) is 0 Å². The lowest BCUT2D eigenvalue weighted by Gasteiger charge is -2.19. The van der Waals surface area contributed by atoms with Gasteiger partial charge in [0, 0.05) is 21.8 Å². The van der Waals surface area contributed by atoms with Crippen molar-refractivity contribution in [2.75, 3.05) is 26.0 Å². The molecule has 3 N–H and O–H groups in total. The van der Waals surface area contributed by atoms with Gasteiger partial charge in [-0.05, 0) is 68.1 Å². The summed E-state index contributed by atoms with van der Waals surface area (Å²) in [4.78, 5) is 2.60. The Morgan fingerprint density at radius 3 is 2.67 bits per heavy atom. The molecule has 0 fully saturated rings. The fourth-order valence-corrected chi connectivity index (χ4v) is 2.20. The number of hydrogen-bond donors (Lipinski definition) is 2. The van der Waals surface area contributed by atoms with Crippen molar-refractivity contribution in [3.63, 3.8) is 0 Å². The summed E-state index contributed by atoms with van der Waals surface area (Å²) in [7, 11) is 4.17. The molecule has 1 rings (SSSR count). The zero-order chi connectivity index (χ0) is 13.7. The Morgan fingerprint density at radius 1 is 1.50 bits per heavy atom. The minimum Gasteiger partial charge on any atom is -0.389 e. The molecule has 5 heteroatoms. The summed E-state index contributed by atoms with van der Waals surface area (Å²) in [5.74, 6) is 0. The van der Waals surface area contributed by atoms with Crippen molar-refractivity contribution in [2.45, 2.75) is 19.4 Å². The van der Waals surface area contributed by atoms with Crippen LogP contribution in [0.15, 0.2) is 22.7 Å². The van der Waals surface area contributed by atoms with Gasteiger partial charge >= 0.3 is 0 Å². The average molecular weight is 330 g/mol. The summed E-state index contributed by atoms with van der Waals surface area (Å²) in [6.07, 6.45) is 1.09. The van der Waals surface area contributed by atoms with Crippen LogP contribution in [-0.2, 0) is 0 Å². The molecule has 0 aliphatic heterocycles. The molecule has 0 amide bonds. The number of nitrogens with one attached hydrogen (secondary N) is 1. The minimum absolute atomic E-state index is 0.416. The van der Waals surface area contributed by atoms with E-state index >= 15 is 0 Å². The van der Waals surface area contributed by atoms with Gasteiger partial charge in [-0.1, -0.05) is 12.2 Å². The Kier molecular flexibility index (Phi) is 6.05. The van der Waals surface area contributed by atoms with Crippen molar-refractivity contribution >= 4 is 38.8 Å². The van der Waals surface area contributed by atoms with Crippen LogP contribution in [0, 0.1) is 0 Å². The van der Waals surface area contributed by atoms with Gasteiger partial charge < -0.3 is 16.0 Å². The van der Waals surface area contributed by atoms with Gasteiger partial charge in [-0.25, -0.2) is 0 Å². The molecule has 0 aromatic heterocycles. The van der Waals surface area contributed by atoms with Crippen molar-refractivity contribution in [1.82, 2.24) is 4.90 Å². The number of hydrogen-bond acceptors (Lipinski definition) is 3. The van der Waals surface area contributed by atoms with Crippen molar-refractivity contribution in [1.29, 1.82) is 0 Å². The highest BCUT2D eigenvalue weighted by Crippen LogP contribution is 2.24. The van der Waals surface area contributed by atoms with Crippen molar-refractivity contribution < 1.29 is 0 Å². The van der Waals surface area contributed by atoms with E-state index < -0.39 is 0 Å². The molecule has 1 aromatic rings. The van der Waals surface area contributed by atoms with Gasteiger partial charge in [-0.15, -0.1) is 0 Å². The van der Waals surface area contributed by atoms with Crippen LogP contribution in [0.4, 0.5) is 5.69 Å². The van der Waals surface area contributed by atoms with Gasteiger partial charge in [0.1, 0.15) is 4.99 Å². The smallest absolute Gasteiger partial charge is 0.104 e. The normalized spacial score (nSPS) is 12.5. The maximum atomic E-state index is 5.60. The van der Waals surface area contributed by atoms with Crippen LogP contribution in [0.5, 0.6) is 0 Å². The maximum absolute atomic E-state index is 5.60. The molecule has 0 saturated carbocycles. The van der Waals surface area contributed by atoms with Crippen LogP contribution in [0.2, 0.25) is 0 Å². The predicted molar refractivity (Wildman–Crippen MR) is 86.3 cm³/mol. The molecule has 0 saturated heterocycles. The summed E-state index contributed by atoms with van der Waals surface area (Å²) in [6, 6.07) is 6.31. The van der Waals surface area contributed by atoms with Gasteiger partial charge in [-0.2, -0.15) is 0 Å². The molecule has 1 unspecified atom stereocenters. The Morgan fingerprint density at radius 2 is 2.17 bits per heavy atom. The van der Waals surface area contributed by atoms with Crippen LogP contribution in [-0.4, -0.2) is 36.6 Å². The quantitative estimate of drug-likeness (QED) is 0.787. The largest absolute Gasteiger partial charge is 0.389 e. The SMILES string of the molecule is CC(CCN(C)C)Nc1ccc(C(N)=S)cc1Br. The Balaban J connectivity index is 2.64. The molecule has 1 aromatic carbocycles. The first kappa shape index (κ1) is 15.4. The van der Waals surface area contributed by atoms with Crippen LogP contribution in [0.3, 0.4) is 0 Å². The molecular formula is C13H20BrN3S. The Hall–Kier alpha value is -0.650. The molecule has 0 spiro atoms. The van der Waals surface area contributed by atoms with Crippen LogP contribution < -0.4 is 11.1 Å². The minimum atomic E-state index is 0.416. The van der Waals surface area contributed by atoms with Crippen LogP contribution in [0.25, 0.3) is 0 Å². The summed E-state index contributed by atoms with van der Waals surface area (Å²) in [5, 5.41) is 3.47. The molecule has 1 atom stereocenters. The predicted octanol–water partition coefficient (Wildman–Crippen LogP) is 2.84. The molecule has 0 heterocycles. The van der Waals surface area contributed by atoms with Crippen LogP contribution >= 0.6 is 28.1 Å². The number of benzene rings is 1. The second-order valence-electron chi connectivity index (χ2n) is 4.70. The zero-order valence-corrected chi connectivity index (χ0v) is 13.4. The molecule has 0 aliphatic rings. The first-order valence-electron chi connectivity index (χ1n) is 5.90. The van der Waals surface area contributed by atoms with Gasteiger partial charge in [0.05, 0.1) is 0 Å². The Labute approximate surface area is 123 Å². The van der Waals surface area contributed by atoms with Crippen molar-refractivity contribution in [3.05, 3.63) is 28.2 Å². The van der Waals surface area contributed by atoms with Gasteiger partial charge in [0.2, 0.25) is 0 Å². The van der Waals surface area contributed by atoms with E-state index in [0.717, 1.165) is 28.7 Å². The third kappa shape index (κ3) is 4.92. The topological polar surface area (TPSA) is 41.3 Å². The maximum Gasteiger partial charge on any atom is 0.104 e. The monoisotopic (exact) mass is 329 g/mol. The molecule has 0 aliphatic carbocycles. The molecule has 18 heavy (non-hydrogen) atoms. The first-order chi connectivity index (χ1) is 8.40. The third-order valence-corrected chi connectivity index (χ3v) is 3.56. The molecular weight excluding hydrogens is 310 g/mol. The molecule has 100 valence electrons. The number of anilines is 1.